The summed E-state index contributed by atoms with van der Waals surface area (Å²) in [5.41, 5.74) is 0. The summed E-state index contributed by atoms with van der Waals surface area (Å²) in [7, 11) is 1.32. The highest BCUT2D eigenvalue weighted by Crippen LogP contribution is 2.16. The topological polar surface area (TPSA) is 82.2 Å². The molecule has 0 spiro atoms. The summed E-state index contributed by atoms with van der Waals surface area (Å²) in [4.78, 5) is 11.3. The normalized spacial score (nSPS) is 12.3. The second kappa shape index (κ2) is 6.14. The number of rotatable bonds is 6. The van der Waals surface area contributed by atoms with E-state index in [4.69, 9.17) is 4.42 Å². The minimum absolute atomic E-state index is 0.00178. The summed E-state index contributed by atoms with van der Waals surface area (Å²) >= 11 is 0. The van der Waals surface area contributed by atoms with Crippen LogP contribution in [-0.2, 0) is 11.3 Å². The highest BCUT2D eigenvalue weighted by Gasteiger charge is 2.14. The average molecular weight is 264 g/mol. The lowest BCUT2D eigenvalue weighted by Gasteiger charge is -2.10. The molecule has 0 saturated carbocycles. The van der Waals surface area contributed by atoms with E-state index in [-0.39, 0.29) is 11.8 Å². The average Bonchev–Trinajstić information content (AvgIpc) is 3.08. The lowest BCUT2D eigenvalue weighted by atomic mass is 10.2. The molecule has 0 radical (unpaired) electrons. The number of carbonyl (C=O) groups excluding carboxylic acids is 1. The summed E-state index contributed by atoms with van der Waals surface area (Å²) in [6.07, 6.45) is 3.44. The standard InChI is InChI=1S/C12H16N4O3/c1-9(13-5-7-16-8-6-14-15-16)10-3-4-11(19-10)12(17)18-2/h3-4,6,8-9,13H,5,7H2,1-2H3. The van der Waals surface area contributed by atoms with Crippen molar-refractivity contribution in [3.05, 3.63) is 36.0 Å². The predicted molar refractivity (Wildman–Crippen MR) is 66.5 cm³/mol. The third-order valence-electron chi connectivity index (χ3n) is 2.70. The van der Waals surface area contributed by atoms with Crippen LogP contribution in [0.15, 0.2) is 28.9 Å². The van der Waals surface area contributed by atoms with Crippen molar-refractivity contribution in [1.82, 2.24) is 20.3 Å². The number of hydrogen-bond acceptors (Lipinski definition) is 6. The van der Waals surface area contributed by atoms with Crippen LogP contribution < -0.4 is 5.32 Å². The number of hydrogen-bond donors (Lipinski definition) is 1. The van der Waals surface area contributed by atoms with Crippen molar-refractivity contribution in [3.8, 4) is 0 Å². The van der Waals surface area contributed by atoms with Gasteiger partial charge in [0.1, 0.15) is 5.76 Å². The Morgan fingerprint density at radius 1 is 1.58 bits per heavy atom. The van der Waals surface area contributed by atoms with Gasteiger partial charge in [-0.25, -0.2) is 4.79 Å². The van der Waals surface area contributed by atoms with Gasteiger partial charge in [0.2, 0.25) is 5.76 Å². The monoisotopic (exact) mass is 264 g/mol. The van der Waals surface area contributed by atoms with Crippen LogP contribution in [0.25, 0.3) is 0 Å². The first-order valence-corrected chi connectivity index (χ1v) is 5.96. The molecule has 2 rings (SSSR count). The zero-order chi connectivity index (χ0) is 13.7. The van der Waals surface area contributed by atoms with Gasteiger partial charge in [0.15, 0.2) is 0 Å². The molecule has 1 atom stereocenters. The molecule has 0 fully saturated rings. The number of nitrogens with zero attached hydrogens (tertiary/aromatic N) is 3. The number of nitrogens with one attached hydrogen (secondary N) is 1. The molecule has 0 aliphatic rings. The Bertz CT molecular complexity index is 521. The fraction of sp³-hybridized carbons (Fsp3) is 0.417. The highest BCUT2D eigenvalue weighted by atomic mass is 16.5. The van der Waals surface area contributed by atoms with Crippen molar-refractivity contribution in [2.75, 3.05) is 13.7 Å². The Morgan fingerprint density at radius 2 is 2.42 bits per heavy atom. The van der Waals surface area contributed by atoms with Gasteiger partial charge in [-0.3, -0.25) is 4.68 Å². The molecular formula is C12H16N4O3. The molecule has 2 aromatic rings. The number of carbonyl (C=O) groups is 1. The van der Waals surface area contributed by atoms with Crippen molar-refractivity contribution in [3.63, 3.8) is 0 Å². The third kappa shape index (κ3) is 3.41. The maximum atomic E-state index is 11.3. The molecular weight excluding hydrogens is 248 g/mol. The molecule has 7 heteroatoms. The molecule has 0 bridgehead atoms. The third-order valence-corrected chi connectivity index (χ3v) is 2.70. The Balaban J connectivity index is 1.84. The van der Waals surface area contributed by atoms with Crippen LogP contribution in [0.4, 0.5) is 0 Å². The van der Waals surface area contributed by atoms with Gasteiger partial charge in [-0.15, -0.1) is 5.10 Å². The molecule has 0 amide bonds. The summed E-state index contributed by atoms with van der Waals surface area (Å²) in [6, 6.07) is 3.37. The number of aromatic nitrogens is 3. The van der Waals surface area contributed by atoms with Crippen LogP contribution in [0.3, 0.4) is 0 Å². The predicted octanol–water partition coefficient (Wildman–Crippen LogP) is 1.01. The molecule has 0 aliphatic carbocycles. The van der Waals surface area contributed by atoms with Crippen LogP contribution in [-0.4, -0.2) is 34.6 Å². The zero-order valence-electron chi connectivity index (χ0n) is 10.9. The van der Waals surface area contributed by atoms with Gasteiger partial charge in [-0.2, -0.15) is 0 Å². The molecule has 1 N–H and O–H groups in total. The van der Waals surface area contributed by atoms with E-state index in [1.165, 1.54) is 7.11 Å². The Hall–Kier alpha value is -2.15. The summed E-state index contributed by atoms with van der Waals surface area (Å²) in [5, 5.41) is 10.9. The molecule has 1 unspecified atom stereocenters. The quantitative estimate of drug-likeness (QED) is 0.784. The van der Waals surface area contributed by atoms with E-state index >= 15 is 0 Å². The van der Waals surface area contributed by atoms with Crippen LogP contribution in [0, 0.1) is 0 Å². The smallest absolute Gasteiger partial charge is 0.373 e. The fourth-order valence-electron chi connectivity index (χ4n) is 1.64. The van der Waals surface area contributed by atoms with Gasteiger partial charge < -0.3 is 14.5 Å². The number of ether oxygens (including phenoxy) is 1. The van der Waals surface area contributed by atoms with Crippen LogP contribution >= 0.6 is 0 Å². The number of methoxy groups -OCH3 is 1. The first-order valence-electron chi connectivity index (χ1n) is 5.96. The van der Waals surface area contributed by atoms with Crippen LogP contribution in [0.2, 0.25) is 0 Å². The Morgan fingerprint density at radius 3 is 3.11 bits per heavy atom. The first-order chi connectivity index (χ1) is 9.20. The van der Waals surface area contributed by atoms with E-state index < -0.39 is 5.97 Å². The van der Waals surface area contributed by atoms with E-state index in [1.807, 2.05) is 6.92 Å². The van der Waals surface area contributed by atoms with Crippen molar-refractivity contribution < 1.29 is 13.9 Å². The Labute approximate surface area is 110 Å². The molecule has 0 aromatic carbocycles. The first kappa shape index (κ1) is 13.3. The van der Waals surface area contributed by atoms with E-state index in [2.05, 4.69) is 20.4 Å². The number of esters is 1. The van der Waals surface area contributed by atoms with Gasteiger partial charge in [0.05, 0.1) is 25.9 Å². The van der Waals surface area contributed by atoms with Gasteiger partial charge in [0, 0.05) is 12.7 Å². The summed E-state index contributed by atoms with van der Waals surface area (Å²) in [6.45, 7) is 3.40. The number of furan rings is 1. The molecule has 102 valence electrons. The molecule has 0 aliphatic heterocycles. The fourth-order valence-corrected chi connectivity index (χ4v) is 1.64. The lowest BCUT2D eigenvalue weighted by molar-refractivity contribution is 0.0562. The van der Waals surface area contributed by atoms with Gasteiger partial charge in [0.25, 0.3) is 0 Å². The molecule has 19 heavy (non-hydrogen) atoms. The Kier molecular flexibility index (Phi) is 4.30. The highest BCUT2D eigenvalue weighted by molar-refractivity contribution is 5.86. The summed E-state index contributed by atoms with van der Waals surface area (Å²) in [5.74, 6) is 0.433. The van der Waals surface area contributed by atoms with E-state index in [0.717, 1.165) is 13.1 Å². The van der Waals surface area contributed by atoms with E-state index in [9.17, 15) is 4.79 Å². The minimum atomic E-state index is -0.471. The largest absolute Gasteiger partial charge is 0.463 e. The SMILES string of the molecule is COC(=O)c1ccc(C(C)NCCn2ccnn2)o1. The molecule has 0 saturated heterocycles. The second-order valence-electron chi connectivity index (χ2n) is 4.04. The van der Waals surface area contributed by atoms with E-state index in [1.54, 1.807) is 29.2 Å². The van der Waals surface area contributed by atoms with Gasteiger partial charge in [-0.05, 0) is 19.1 Å². The maximum Gasteiger partial charge on any atom is 0.373 e. The van der Waals surface area contributed by atoms with Crippen LogP contribution in [0.1, 0.15) is 29.3 Å². The summed E-state index contributed by atoms with van der Waals surface area (Å²) < 4.78 is 11.7. The minimum Gasteiger partial charge on any atom is -0.463 e. The van der Waals surface area contributed by atoms with Gasteiger partial charge >= 0.3 is 5.97 Å². The van der Waals surface area contributed by atoms with Crippen LogP contribution in [0.5, 0.6) is 0 Å². The zero-order valence-corrected chi connectivity index (χ0v) is 10.9. The maximum absolute atomic E-state index is 11.3. The molecule has 7 nitrogen and oxygen atoms in total. The molecule has 2 aromatic heterocycles. The molecule has 2 heterocycles. The second-order valence-corrected chi connectivity index (χ2v) is 4.04. The van der Waals surface area contributed by atoms with Crippen molar-refractivity contribution >= 4 is 5.97 Å². The van der Waals surface area contributed by atoms with Crippen molar-refractivity contribution in [2.45, 2.75) is 19.5 Å². The lowest BCUT2D eigenvalue weighted by Crippen LogP contribution is -2.23. The van der Waals surface area contributed by atoms with Gasteiger partial charge in [-0.1, -0.05) is 5.21 Å². The van der Waals surface area contributed by atoms with E-state index in [0.29, 0.717) is 5.76 Å². The van der Waals surface area contributed by atoms with Crippen molar-refractivity contribution in [1.29, 1.82) is 0 Å². The van der Waals surface area contributed by atoms with Crippen molar-refractivity contribution in [2.24, 2.45) is 0 Å².